The van der Waals surface area contributed by atoms with E-state index in [-0.39, 0.29) is 30.0 Å². The number of nitrogens with zero attached hydrogens (tertiary/aromatic N) is 2. The maximum absolute atomic E-state index is 12.9. The third kappa shape index (κ3) is 4.25. The van der Waals surface area contributed by atoms with Crippen molar-refractivity contribution in [3.63, 3.8) is 0 Å². The molecular weight excluding hydrogens is 392 g/mol. The summed E-state index contributed by atoms with van der Waals surface area (Å²) in [6, 6.07) is 14.4. The predicted molar refractivity (Wildman–Crippen MR) is 106 cm³/mol. The molecule has 0 bridgehead atoms. The van der Waals surface area contributed by atoms with E-state index in [4.69, 9.17) is 4.42 Å². The number of nitrogens with one attached hydrogen (secondary N) is 2. The number of carbonyl (C=O) groups excluding carboxylic acids is 1. The molecule has 3 aromatic rings. The second kappa shape index (κ2) is 8.22. The van der Waals surface area contributed by atoms with Crippen LogP contribution in [0.2, 0.25) is 0 Å². The average Bonchev–Trinajstić information content (AvgIpc) is 3.45. The monoisotopic (exact) mass is 414 g/mol. The summed E-state index contributed by atoms with van der Waals surface area (Å²) in [5.74, 6) is 0.184. The van der Waals surface area contributed by atoms with E-state index in [0.717, 1.165) is 5.56 Å². The van der Waals surface area contributed by atoms with Crippen LogP contribution in [0.15, 0.2) is 64.2 Å². The van der Waals surface area contributed by atoms with E-state index in [9.17, 15) is 13.2 Å². The van der Waals surface area contributed by atoms with Crippen molar-refractivity contribution >= 4 is 15.9 Å². The highest BCUT2D eigenvalue weighted by Crippen LogP contribution is 2.28. The first-order valence-electron chi connectivity index (χ1n) is 9.45. The van der Waals surface area contributed by atoms with E-state index in [0.29, 0.717) is 30.8 Å². The Kier molecular flexibility index (Phi) is 5.50. The van der Waals surface area contributed by atoms with Crippen molar-refractivity contribution < 1.29 is 17.6 Å². The van der Waals surface area contributed by atoms with Gasteiger partial charge in [0.1, 0.15) is 5.69 Å². The van der Waals surface area contributed by atoms with E-state index < -0.39 is 10.0 Å². The summed E-state index contributed by atoms with van der Waals surface area (Å²) in [7, 11) is -3.74. The van der Waals surface area contributed by atoms with Gasteiger partial charge in [-0.15, -0.1) is 0 Å². The number of amides is 1. The average molecular weight is 414 g/mol. The Labute approximate surface area is 169 Å². The molecule has 29 heavy (non-hydrogen) atoms. The van der Waals surface area contributed by atoms with Gasteiger partial charge in [0.25, 0.3) is 10.0 Å². The maximum atomic E-state index is 12.9. The van der Waals surface area contributed by atoms with E-state index in [1.54, 1.807) is 18.3 Å². The van der Waals surface area contributed by atoms with Crippen LogP contribution in [0.4, 0.5) is 0 Å². The number of hydrogen-bond donors (Lipinski definition) is 2. The summed E-state index contributed by atoms with van der Waals surface area (Å²) in [6.07, 6.45) is 2.53. The molecule has 2 N–H and O–H groups in total. The Morgan fingerprint density at radius 1 is 1.14 bits per heavy atom. The Balaban J connectivity index is 1.34. The first kappa shape index (κ1) is 19.4. The molecule has 3 heterocycles. The van der Waals surface area contributed by atoms with Crippen molar-refractivity contribution in [1.29, 1.82) is 0 Å². The van der Waals surface area contributed by atoms with Gasteiger partial charge in [0.05, 0.1) is 0 Å². The molecule has 0 saturated carbocycles. The summed E-state index contributed by atoms with van der Waals surface area (Å²) in [4.78, 5) is 12.4. The smallest absolute Gasteiger partial charge is 0.276 e. The van der Waals surface area contributed by atoms with Crippen molar-refractivity contribution in [3.05, 3.63) is 60.3 Å². The van der Waals surface area contributed by atoms with Crippen LogP contribution in [0, 0.1) is 5.92 Å². The van der Waals surface area contributed by atoms with Crippen LogP contribution < -0.4 is 5.32 Å². The van der Waals surface area contributed by atoms with Crippen molar-refractivity contribution in [1.82, 2.24) is 19.8 Å². The van der Waals surface area contributed by atoms with Crippen LogP contribution in [0.3, 0.4) is 0 Å². The number of piperidine rings is 1. The van der Waals surface area contributed by atoms with E-state index in [1.807, 2.05) is 30.3 Å². The second-order valence-corrected chi connectivity index (χ2v) is 8.84. The number of sulfonamides is 1. The Morgan fingerprint density at radius 2 is 1.90 bits per heavy atom. The molecule has 9 heteroatoms. The van der Waals surface area contributed by atoms with Gasteiger partial charge >= 0.3 is 0 Å². The number of aromatic amines is 1. The SMILES string of the molecule is O=C(NCc1ccccc1)C1CCN(S(=O)(=O)c2ccc(-c3ccn[nH]3)o2)CC1. The summed E-state index contributed by atoms with van der Waals surface area (Å²) < 4.78 is 32.6. The van der Waals surface area contributed by atoms with Gasteiger partial charge in [-0.1, -0.05) is 30.3 Å². The van der Waals surface area contributed by atoms with Gasteiger partial charge in [-0.3, -0.25) is 9.89 Å². The summed E-state index contributed by atoms with van der Waals surface area (Å²) in [6.45, 7) is 1.04. The number of hydrogen-bond acceptors (Lipinski definition) is 5. The van der Waals surface area contributed by atoms with Crippen molar-refractivity contribution in [2.75, 3.05) is 13.1 Å². The van der Waals surface area contributed by atoms with Gasteiger partial charge in [0.15, 0.2) is 5.76 Å². The number of benzene rings is 1. The molecule has 4 rings (SSSR count). The standard InChI is InChI=1S/C20H22N4O4S/c25-20(21-14-15-4-2-1-3-5-15)16-9-12-24(13-10-16)29(26,27)19-7-6-18(28-19)17-8-11-22-23-17/h1-8,11,16H,9-10,12-14H2,(H,21,25)(H,22,23). The lowest BCUT2D eigenvalue weighted by molar-refractivity contribution is -0.126. The van der Waals surface area contributed by atoms with Crippen molar-refractivity contribution in [3.8, 4) is 11.5 Å². The fourth-order valence-corrected chi connectivity index (χ4v) is 4.79. The van der Waals surface area contributed by atoms with E-state index in [1.165, 1.54) is 10.4 Å². The van der Waals surface area contributed by atoms with Crippen LogP contribution in [-0.4, -0.2) is 41.9 Å². The van der Waals surface area contributed by atoms with Gasteiger partial charge in [-0.05, 0) is 36.6 Å². The maximum Gasteiger partial charge on any atom is 0.276 e. The zero-order valence-electron chi connectivity index (χ0n) is 15.7. The minimum absolute atomic E-state index is 0.0366. The molecule has 0 spiro atoms. The molecule has 152 valence electrons. The molecule has 8 nitrogen and oxygen atoms in total. The molecule has 1 aliphatic rings. The van der Waals surface area contributed by atoms with Crippen LogP contribution in [0.25, 0.3) is 11.5 Å². The summed E-state index contributed by atoms with van der Waals surface area (Å²) in [5.41, 5.74) is 1.65. The number of aromatic nitrogens is 2. The third-order valence-electron chi connectivity index (χ3n) is 5.08. The van der Waals surface area contributed by atoms with Gasteiger partial charge in [0.2, 0.25) is 11.0 Å². The fourth-order valence-electron chi connectivity index (χ4n) is 3.41. The first-order valence-corrected chi connectivity index (χ1v) is 10.9. The van der Waals surface area contributed by atoms with Crippen molar-refractivity contribution in [2.24, 2.45) is 5.92 Å². The molecule has 1 amide bonds. The van der Waals surface area contributed by atoms with E-state index >= 15 is 0 Å². The first-order chi connectivity index (χ1) is 14.0. The molecule has 0 radical (unpaired) electrons. The van der Waals surface area contributed by atoms with Gasteiger partial charge < -0.3 is 9.73 Å². The molecule has 2 aromatic heterocycles. The second-order valence-electron chi connectivity index (χ2n) is 6.97. The largest absolute Gasteiger partial charge is 0.442 e. The fraction of sp³-hybridized carbons (Fsp3) is 0.300. The molecule has 0 unspecified atom stereocenters. The highest BCUT2D eigenvalue weighted by atomic mass is 32.2. The summed E-state index contributed by atoms with van der Waals surface area (Å²) >= 11 is 0. The van der Waals surface area contributed by atoms with Crippen LogP contribution in [0.1, 0.15) is 18.4 Å². The number of rotatable bonds is 6. The Morgan fingerprint density at radius 3 is 2.59 bits per heavy atom. The molecular formula is C20H22N4O4S. The molecule has 1 saturated heterocycles. The quantitative estimate of drug-likeness (QED) is 0.644. The van der Waals surface area contributed by atoms with Crippen LogP contribution in [-0.2, 0) is 21.4 Å². The molecule has 1 aromatic carbocycles. The topological polar surface area (TPSA) is 108 Å². The van der Waals surface area contributed by atoms with E-state index in [2.05, 4.69) is 15.5 Å². The Bertz CT molecular complexity index is 1050. The zero-order valence-corrected chi connectivity index (χ0v) is 16.6. The zero-order chi connectivity index (χ0) is 20.3. The third-order valence-corrected chi connectivity index (χ3v) is 6.85. The minimum Gasteiger partial charge on any atom is -0.442 e. The van der Waals surface area contributed by atoms with Crippen molar-refractivity contribution in [2.45, 2.75) is 24.5 Å². The normalized spacial score (nSPS) is 16.0. The predicted octanol–water partition coefficient (Wildman–Crippen LogP) is 2.39. The van der Waals surface area contributed by atoms with Crippen LogP contribution >= 0.6 is 0 Å². The number of furan rings is 1. The lowest BCUT2D eigenvalue weighted by Crippen LogP contribution is -2.42. The lowest BCUT2D eigenvalue weighted by atomic mass is 9.97. The molecule has 0 aliphatic carbocycles. The Hall–Kier alpha value is -2.91. The van der Waals surface area contributed by atoms with Crippen LogP contribution in [0.5, 0.6) is 0 Å². The highest BCUT2D eigenvalue weighted by molar-refractivity contribution is 7.89. The lowest BCUT2D eigenvalue weighted by Gasteiger charge is -2.29. The number of H-pyrrole nitrogens is 1. The minimum atomic E-state index is -3.74. The number of carbonyl (C=O) groups is 1. The molecule has 1 fully saturated rings. The molecule has 0 atom stereocenters. The summed E-state index contributed by atoms with van der Waals surface area (Å²) in [5, 5.41) is 9.41. The van der Waals surface area contributed by atoms with Gasteiger partial charge in [-0.25, -0.2) is 8.42 Å². The van der Waals surface area contributed by atoms with Gasteiger partial charge in [0, 0.05) is 31.7 Å². The van der Waals surface area contributed by atoms with Gasteiger partial charge in [-0.2, -0.15) is 9.40 Å². The molecule has 1 aliphatic heterocycles. The highest BCUT2D eigenvalue weighted by Gasteiger charge is 2.34.